The Labute approximate surface area is 148 Å². The second kappa shape index (κ2) is 11.0. The molecule has 0 radical (unpaired) electrons. The van der Waals surface area contributed by atoms with E-state index in [2.05, 4.69) is 0 Å². The van der Waals surface area contributed by atoms with E-state index in [0.29, 0.717) is 12.8 Å². The predicted molar refractivity (Wildman–Crippen MR) is 94.7 cm³/mol. The summed E-state index contributed by atoms with van der Waals surface area (Å²) in [6, 6.07) is 9.43. The summed E-state index contributed by atoms with van der Waals surface area (Å²) in [5.41, 5.74) is 0.892. The number of allylic oxidation sites excluding steroid dienone is 1. The fourth-order valence-electron chi connectivity index (χ4n) is 2.22. The van der Waals surface area contributed by atoms with Crippen LogP contribution in [0.4, 0.5) is 0 Å². The minimum atomic E-state index is -0.471. The molecule has 1 rings (SSSR count). The smallest absolute Gasteiger partial charge is 0.303 e. The van der Waals surface area contributed by atoms with Crippen LogP contribution in [0, 0.1) is 0 Å². The lowest BCUT2D eigenvalue weighted by Crippen LogP contribution is -2.13. The second-order valence-corrected chi connectivity index (χ2v) is 5.57. The third-order valence-corrected chi connectivity index (χ3v) is 3.22. The average Bonchev–Trinajstić information content (AvgIpc) is 2.53. The van der Waals surface area contributed by atoms with Crippen molar-refractivity contribution >= 4 is 17.7 Å². The van der Waals surface area contributed by atoms with E-state index < -0.39 is 18.2 Å². The largest absolute Gasteiger partial charge is 0.458 e. The molecule has 5 heteroatoms. The molecule has 0 aliphatic carbocycles. The Morgan fingerprint density at radius 2 is 1.56 bits per heavy atom. The molecule has 0 N–H and O–H groups in total. The molecule has 5 nitrogen and oxygen atoms in total. The molecule has 1 aromatic carbocycles. The zero-order valence-electron chi connectivity index (χ0n) is 14.8. The Hall–Kier alpha value is -2.69. The quantitative estimate of drug-likeness (QED) is 0.388. The van der Waals surface area contributed by atoms with Crippen LogP contribution in [0.2, 0.25) is 0 Å². The number of hydrogen-bond acceptors (Lipinski definition) is 5. The van der Waals surface area contributed by atoms with Gasteiger partial charge in [-0.1, -0.05) is 42.5 Å². The van der Waals surface area contributed by atoms with E-state index in [1.165, 1.54) is 26.8 Å². The van der Waals surface area contributed by atoms with Gasteiger partial charge in [-0.25, -0.2) is 0 Å². The molecule has 134 valence electrons. The fraction of sp³-hybridized carbons (Fsp3) is 0.350. The topological polar surface area (TPSA) is 69.7 Å². The zero-order valence-corrected chi connectivity index (χ0v) is 14.8. The van der Waals surface area contributed by atoms with Crippen molar-refractivity contribution in [2.75, 3.05) is 0 Å². The lowest BCUT2D eigenvalue weighted by molar-refractivity contribution is -0.146. The summed E-state index contributed by atoms with van der Waals surface area (Å²) in [4.78, 5) is 33.5. The van der Waals surface area contributed by atoms with Gasteiger partial charge in [0.2, 0.25) is 0 Å². The molecule has 0 amide bonds. The maximum atomic E-state index is 11.3. The van der Waals surface area contributed by atoms with Crippen molar-refractivity contribution in [1.29, 1.82) is 0 Å². The number of esters is 2. The third-order valence-electron chi connectivity index (χ3n) is 3.22. The predicted octanol–water partition coefficient (Wildman–Crippen LogP) is 3.70. The van der Waals surface area contributed by atoms with E-state index in [1.54, 1.807) is 12.2 Å². The number of ether oxygens (including phenoxy) is 2. The molecule has 0 saturated heterocycles. The first-order valence-electron chi connectivity index (χ1n) is 8.11. The Bertz CT molecular complexity index is 631. The lowest BCUT2D eigenvalue weighted by Gasteiger charge is -2.16. The van der Waals surface area contributed by atoms with Crippen molar-refractivity contribution in [2.45, 2.75) is 45.8 Å². The van der Waals surface area contributed by atoms with Crippen molar-refractivity contribution in [3.05, 3.63) is 60.2 Å². The van der Waals surface area contributed by atoms with Crippen LogP contribution in [0.3, 0.4) is 0 Å². The van der Waals surface area contributed by atoms with Crippen LogP contribution in [-0.4, -0.2) is 23.8 Å². The van der Waals surface area contributed by atoms with Gasteiger partial charge in [-0.3, -0.25) is 14.4 Å². The van der Waals surface area contributed by atoms with Gasteiger partial charge in [0, 0.05) is 26.7 Å². The van der Waals surface area contributed by atoms with Gasteiger partial charge in [-0.2, -0.15) is 0 Å². The lowest BCUT2D eigenvalue weighted by atomic mass is 10.1. The van der Waals surface area contributed by atoms with Crippen molar-refractivity contribution in [3.8, 4) is 0 Å². The highest BCUT2D eigenvalue weighted by atomic mass is 16.5. The molecule has 25 heavy (non-hydrogen) atoms. The first kappa shape index (κ1) is 20.4. The van der Waals surface area contributed by atoms with Crippen molar-refractivity contribution in [1.82, 2.24) is 0 Å². The highest BCUT2D eigenvalue weighted by molar-refractivity contribution is 5.87. The van der Waals surface area contributed by atoms with Gasteiger partial charge in [0.05, 0.1) is 0 Å². The van der Waals surface area contributed by atoms with E-state index in [1.807, 2.05) is 36.4 Å². The molecule has 0 heterocycles. The fourth-order valence-corrected chi connectivity index (χ4v) is 2.22. The summed E-state index contributed by atoms with van der Waals surface area (Å²) in [5, 5.41) is 0. The summed E-state index contributed by atoms with van der Waals surface area (Å²) in [5.74, 6) is -0.821. The molecule has 0 aromatic heterocycles. The minimum absolute atomic E-state index is 0.0652. The van der Waals surface area contributed by atoms with E-state index in [0.717, 1.165) is 5.56 Å². The number of ketones is 1. The molecule has 0 spiro atoms. The minimum Gasteiger partial charge on any atom is -0.458 e. The first-order valence-corrected chi connectivity index (χ1v) is 8.11. The molecule has 2 atom stereocenters. The standard InChI is InChI=1S/C20H24O5/c1-15(21)9-7-12-19(24-16(2)22)13-8-14-20(25-17(3)23)18-10-5-4-6-11-18/h4-11,13,19-20H,12,14H2,1-3H3/b9-7+,13-8+. The van der Waals surface area contributed by atoms with Gasteiger partial charge in [0.1, 0.15) is 12.2 Å². The molecular weight excluding hydrogens is 320 g/mol. The Balaban J connectivity index is 2.76. The van der Waals surface area contributed by atoms with E-state index in [-0.39, 0.29) is 11.8 Å². The van der Waals surface area contributed by atoms with E-state index in [9.17, 15) is 14.4 Å². The summed E-state index contributed by atoms with van der Waals surface area (Å²) < 4.78 is 10.6. The number of rotatable bonds is 9. The van der Waals surface area contributed by atoms with Crippen LogP contribution in [0.5, 0.6) is 0 Å². The SMILES string of the molecule is CC(=O)/C=C/CC(/C=C/CC(OC(C)=O)c1ccccc1)OC(C)=O. The Morgan fingerprint density at radius 1 is 0.920 bits per heavy atom. The maximum Gasteiger partial charge on any atom is 0.303 e. The van der Waals surface area contributed by atoms with Crippen LogP contribution in [0.15, 0.2) is 54.6 Å². The normalized spacial score (nSPS) is 13.6. The van der Waals surface area contributed by atoms with Crippen LogP contribution in [0.1, 0.15) is 45.3 Å². The number of carbonyl (C=O) groups is 3. The van der Waals surface area contributed by atoms with Crippen LogP contribution >= 0.6 is 0 Å². The third kappa shape index (κ3) is 9.25. The van der Waals surface area contributed by atoms with E-state index in [4.69, 9.17) is 9.47 Å². The molecule has 0 aliphatic heterocycles. The maximum absolute atomic E-state index is 11.3. The molecule has 0 aliphatic rings. The summed E-state index contributed by atoms with van der Waals surface area (Å²) in [6.45, 7) is 4.16. The monoisotopic (exact) mass is 344 g/mol. The van der Waals surface area contributed by atoms with Crippen LogP contribution in [0.25, 0.3) is 0 Å². The highest BCUT2D eigenvalue weighted by Crippen LogP contribution is 2.22. The Kier molecular flexibility index (Phi) is 8.93. The molecule has 0 saturated carbocycles. The van der Waals surface area contributed by atoms with Gasteiger partial charge >= 0.3 is 11.9 Å². The average molecular weight is 344 g/mol. The van der Waals surface area contributed by atoms with Crippen molar-refractivity contribution in [3.63, 3.8) is 0 Å². The van der Waals surface area contributed by atoms with Crippen molar-refractivity contribution in [2.24, 2.45) is 0 Å². The number of hydrogen-bond donors (Lipinski definition) is 0. The number of carbonyl (C=O) groups excluding carboxylic acids is 3. The molecule has 0 bridgehead atoms. The molecule has 2 unspecified atom stereocenters. The molecular formula is C20H24O5. The van der Waals surface area contributed by atoms with Crippen molar-refractivity contribution < 1.29 is 23.9 Å². The summed E-state index contributed by atoms with van der Waals surface area (Å²) in [7, 11) is 0. The molecule has 0 fully saturated rings. The summed E-state index contributed by atoms with van der Waals surface area (Å²) in [6.07, 6.45) is 6.65. The zero-order chi connectivity index (χ0) is 18.7. The van der Waals surface area contributed by atoms with Gasteiger partial charge in [-0.15, -0.1) is 0 Å². The van der Waals surface area contributed by atoms with Crippen LogP contribution < -0.4 is 0 Å². The van der Waals surface area contributed by atoms with Crippen LogP contribution in [-0.2, 0) is 23.9 Å². The first-order chi connectivity index (χ1) is 11.9. The number of benzene rings is 1. The second-order valence-electron chi connectivity index (χ2n) is 5.57. The summed E-state index contributed by atoms with van der Waals surface area (Å²) >= 11 is 0. The van der Waals surface area contributed by atoms with E-state index >= 15 is 0 Å². The van der Waals surface area contributed by atoms with Gasteiger partial charge in [-0.05, 0) is 24.6 Å². The van der Waals surface area contributed by atoms with Gasteiger partial charge < -0.3 is 9.47 Å². The highest BCUT2D eigenvalue weighted by Gasteiger charge is 2.13. The Morgan fingerprint density at radius 3 is 2.12 bits per heavy atom. The van der Waals surface area contributed by atoms with Gasteiger partial charge in [0.25, 0.3) is 0 Å². The molecule has 1 aromatic rings. The van der Waals surface area contributed by atoms with Gasteiger partial charge in [0.15, 0.2) is 5.78 Å².